The number of hydrogen-bond donors (Lipinski definition) is 4. The van der Waals surface area contributed by atoms with E-state index in [1.165, 1.54) is 38.3 Å². The van der Waals surface area contributed by atoms with Gasteiger partial charge in [-0.2, -0.15) is 4.98 Å². The molecular formula is C20H33N5O2. The molecule has 0 bridgehead atoms. The molecule has 1 aromatic rings. The van der Waals surface area contributed by atoms with Gasteiger partial charge in [-0.3, -0.25) is 4.79 Å². The molecule has 1 amide bonds. The number of hydrogen-bond acceptors (Lipinski definition) is 6. The first-order valence-corrected chi connectivity index (χ1v) is 10.4. The van der Waals surface area contributed by atoms with Crippen LogP contribution in [0.25, 0.3) is 0 Å². The van der Waals surface area contributed by atoms with Crippen LogP contribution in [-0.4, -0.2) is 39.7 Å². The van der Waals surface area contributed by atoms with Crippen molar-refractivity contribution < 1.29 is 9.90 Å². The zero-order chi connectivity index (χ0) is 19.2. The lowest BCUT2D eigenvalue weighted by Crippen LogP contribution is -2.31. The molecule has 7 heteroatoms. The van der Waals surface area contributed by atoms with Gasteiger partial charge >= 0.3 is 0 Å². The Morgan fingerprint density at radius 3 is 2.56 bits per heavy atom. The number of nitrogens with two attached hydrogens (primary N) is 1. The maximum absolute atomic E-state index is 11.8. The summed E-state index contributed by atoms with van der Waals surface area (Å²) in [5.41, 5.74) is 5.85. The van der Waals surface area contributed by atoms with Gasteiger partial charge in [-0.25, -0.2) is 4.98 Å². The normalized spacial score (nSPS) is 25.0. The molecule has 150 valence electrons. The minimum Gasteiger partial charge on any atom is -0.396 e. The number of amides is 1. The zero-order valence-corrected chi connectivity index (χ0v) is 16.3. The highest BCUT2D eigenvalue weighted by Gasteiger charge is 2.24. The summed E-state index contributed by atoms with van der Waals surface area (Å²) in [6.07, 6.45) is 11.8. The molecule has 0 aliphatic heterocycles. The van der Waals surface area contributed by atoms with E-state index in [4.69, 9.17) is 5.73 Å². The molecule has 2 fully saturated rings. The minimum absolute atomic E-state index is 0.240. The van der Waals surface area contributed by atoms with Gasteiger partial charge in [-0.1, -0.05) is 19.3 Å². The van der Waals surface area contributed by atoms with Crippen molar-refractivity contribution in [2.24, 2.45) is 17.6 Å². The highest BCUT2D eigenvalue weighted by atomic mass is 16.3. The zero-order valence-electron chi connectivity index (χ0n) is 16.3. The topological polar surface area (TPSA) is 113 Å². The number of aliphatic hydroxyl groups excluding tert-OH is 1. The Morgan fingerprint density at radius 1 is 1.22 bits per heavy atom. The van der Waals surface area contributed by atoms with Crippen molar-refractivity contribution in [1.82, 2.24) is 9.97 Å². The van der Waals surface area contributed by atoms with Crippen LogP contribution < -0.4 is 16.4 Å². The first kappa shape index (κ1) is 19.9. The third-order valence-electron chi connectivity index (χ3n) is 6.21. The summed E-state index contributed by atoms with van der Waals surface area (Å²) in [5, 5.41) is 16.1. The first-order chi connectivity index (χ1) is 13.1. The number of nitrogens with zero attached hydrogens (tertiary/aromatic N) is 2. The second-order valence-corrected chi connectivity index (χ2v) is 8.20. The van der Waals surface area contributed by atoms with Crippen molar-refractivity contribution in [2.75, 3.05) is 17.2 Å². The van der Waals surface area contributed by atoms with Gasteiger partial charge in [-0.05, 0) is 57.3 Å². The molecule has 2 saturated carbocycles. The van der Waals surface area contributed by atoms with Crippen LogP contribution in [0, 0.1) is 11.8 Å². The smallest absolute Gasteiger partial charge is 0.254 e. The second-order valence-electron chi connectivity index (χ2n) is 8.20. The fraction of sp³-hybridized carbons (Fsp3) is 0.750. The van der Waals surface area contributed by atoms with Gasteiger partial charge in [0.2, 0.25) is 5.95 Å². The number of carbonyl (C=O) groups is 1. The Morgan fingerprint density at radius 2 is 1.93 bits per heavy atom. The molecule has 0 aromatic carbocycles. The molecule has 1 aromatic heterocycles. The van der Waals surface area contributed by atoms with Crippen LogP contribution in [0.1, 0.15) is 75.1 Å². The van der Waals surface area contributed by atoms with Crippen LogP contribution >= 0.6 is 0 Å². The molecule has 0 unspecified atom stereocenters. The molecule has 2 aliphatic carbocycles. The van der Waals surface area contributed by atoms with E-state index in [1.807, 2.05) is 0 Å². The SMILES string of the molecule is C[C@H](Nc1ncc(C(N)=O)c(N[C@H]2CC[C@H](CO)CC2)n1)C1CCCCC1. The van der Waals surface area contributed by atoms with E-state index >= 15 is 0 Å². The molecule has 0 radical (unpaired) electrons. The Balaban J connectivity index is 1.67. The molecule has 0 saturated heterocycles. The number of nitrogens with one attached hydrogen (secondary N) is 2. The third-order valence-corrected chi connectivity index (χ3v) is 6.21. The maximum atomic E-state index is 11.8. The monoisotopic (exact) mass is 375 g/mol. The van der Waals surface area contributed by atoms with Crippen LogP contribution in [-0.2, 0) is 0 Å². The highest BCUT2D eigenvalue weighted by Crippen LogP contribution is 2.29. The van der Waals surface area contributed by atoms with Gasteiger partial charge in [0.05, 0.1) is 5.56 Å². The predicted octanol–water partition coefficient (Wildman–Crippen LogP) is 2.92. The van der Waals surface area contributed by atoms with E-state index in [1.54, 1.807) is 0 Å². The van der Waals surface area contributed by atoms with Gasteiger partial charge in [-0.15, -0.1) is 0 Å². The second kappa shape index (κ2) is 9.35. The average Bonchev–Trinajstić information content (AvgIpc) is 2.69. The lowest BCUT2D eigenvalue weighted by atomic mass is 9.85. The van der Waals surface area contributed by atoms with E-state index in [9.17, 15) is 9.90 Å². The standard InChI is InChI=1S/C20H33N5O2/c1-13(15-5-3-2-4-6-15)23-20-22-11-17(18(21)27)19(25-20)24-16-9-7-14(12-26)8-10-16/h11,13-16,26H,2-10,12H2,1H3,(H2,21,27)(H2,22,23,24,25)/t13-,14-,16-/m0/s1. The number of aliphatic hydroxyl groups is 1. The summed E-state index contributed by atoms with van der Waals surface area (Å²) >= 11 is 0. The van der Waals surface area contributed by atoms with Gasteiger partial charge < -0.3 is 21.5 Å². The van der Waals surface area contributed by atoms with Crippen molar-refractivity contribution in [1.29, 1.82) is 0 Å². The van der Waals surface area contributed by atoms with Crippen LogP contribution in [0.3, 0.4) is 0 Å². The lowest BCUT2D eigenvalue weighted by Gasteiger charge is -2.29. The Kier molecular flexibility index (Phi) is 6.88. The maximum Gasteiger partial charge on any atom is 0.254 e. The summed E-state index contributed by atoms with van der Waals surface area (Å²) in [6.45, 7) is 2.44. The summed E-state index contributed by atoms with van der Waals surface area (Å²) < 4.78 is 0. The molecule has 5 N–H and O–H groups in total. The molecule has 1 atom stereocenters. The van der Waals surface area contributed by atoms with Crippen LogP contribution in [0.2, 0.25) is 0 Å². The van der Waals surface area contributed by atoms with Gasteiger partial charge in [0.1, 0.15) is 5.82 Å². The lowest BCUT2D eigenvalue weighted by molar-refractivity contribution is 0.100. The van der Waals surface area contributed by atoms with Gasteiger partial charge in [0.25, 0.3) is 5.91 Å². The summed E-state index contributed by atoms with van der Waals surface area (Å²) in [5.74, 6) is 1.57. The summed E-state index contributed by atoms with van der Waals surface area (Å²) in [4.78, 5) is 20.7. The molecule has 7 nitrogen and oxygen atoms in total. The van der Waals surface area contributed by atoms with Crippen LogP contribution in [0.5, 0.6) is 0 Å². The van der Waals surface area contributed by atoms with Crippen molar-refractivity contribution in [3.63, 3.8) is 0 Å². The van der Waals surface area contributed by atoms with Gasteiger partial charge in [0, 0.05) is 24.9 Å². The molecule has 27 heavy (non-hydrogen) atoms. The number of primary amides is 1. The summed E-state index contributed by atoms with van der Waals surface area (Å²) in [6, 6.07) is 0.544. The van der Waals surface area contributed by atoms with Crippen molar-refractivity contribution in [2.45, 2.75) is 76.8 Å². The Labute approximate surface area is 161 Å². The van der Waals surface area contributed by atoms with Crippen LogP contribution in [0.4, 0.5) is 11.8 Å². The average molecular weight is 376 g/mol. The van der Waals surface area contributed by atoms with Crippen LogP contribution in [0.15, 0.2) is 6.20 Å². The van der Waals surface area contributed by atoms with E-state index in [0.717, 1.165) is 25.7 Å². The van der Waals surface area contributed by atoms with E-state index in [0.29, 0.717) is 35.2 Å². The number of anilines is 2. The third kappa shape index (κ3) is 5.31. The van der Waals surface area contributed by atoms with Crippen molar-refractivity contribution >= 4 is 17.7 Å². The number of rotatable bonds is 7. The van der Waals surface area contributed by atoms with E-state index in [2.05, 4.69) is 27.5 Å². The molecule has 1 heterocycles. The molecule has 0 spiro atoms. The largest absolute Gasteiger partial charge is 0.396 e. The first-order valence-electron chi connectivity index (χ1n) is 10.4. The minimum atomic E-state index is -0.520. The number of aromatic nitrogens is 2. The van der Waals surface area contributed by atoms with Gasteiger partial charge in [0.15, 0.2) is 0 Å². The molecule has 3 rings (SSSR count). The van der Waals surface area contributed by atoms with E-state index < -0.39 is 5.91 Å². The number of carbonyl (C=O) groups excluding carboxylic acids is 1. The van der Waals surface area contributed by atoms with E-state index in [-0.39, 0.29) is 12.6 Å². The fourth-order valence-electron chi connectivity index (χ4n) is 4.38. The summed E-state index contributed by atoms with van der Waals surface area (Å²) in [7, 11) is 0. The predicted molar refractivity (Wildman–Crippen MR) is 107 cm³/mol. The quantitative estimate of drug-likeness (QED) is 0.583. The fourth-order valence-corrected chi connectivity index (χ4v) is 4.38. The highest BCUT2D eigenvalue weighted by molar-refractivity contribution is 5.97. The Bertz CT molecular complexity index is 625. The molecular weight excluding hydrogens is 342 g/mol. The van der Waals surface area contributed by atoms with Crippen molar-refractivity contribution in [3.8, 4) is 0 Å². The van der Waals surface area contributed by atoms with Crippen molar-refractivity contribution in [3.05, 3.63) is 11.8 Å². The Hall–Kier alpha value is -1.89. The molecule has 2 aliphatic rings.